The van der Waals surface area contributed by atoms with Crippen molar-refractivity contribution in [3.63, 3.8) is 0 Å². The summed E-state index contributed by atoms with van der Waals surface area (Å²) in [5.74, 6) is 1.23. The molecule has 6 nitrogen and oxygen atoms in total. The lowest BCUT2D eigenvalue weighted by Crippen LogP contribution is -2.40. The van der Waals surface area contributed by atoms with E-state index in [1.54, 1.807) is 0 Å². The van der Waals surface area contributed by atoms with E-state index < -0.39 is 5.97 Å². The van der Waals surface area contributed by atoms with Gasteiger partial charge in [-0.25, -0.2) is 4.99 Å². The highest BCUT2D eigenvalue weighted by molar-refractivity contribution is 9.10. The average Bonchev–Trinajstić information content (AvgIpc) is 3.04. The van der Waals surface area contributed by atoms with Crippen LogP contribution in [0, 0.1) is 12.8 Å². The highest BCUT2D eigenvalue weighted by Gasteiger charge is 2.35. The molecular weight excluding hydrogens is 491 g/mol. The minimum Gasteiger partial charge on any atom is -0.481 e. The number of aromatic amines is 1. The summed E-state index contributed by atoms with van der Waals surface area (Å²) in [5, 5.41) is 10.2. The predicted molar refractivity (Wildman–Crippen MR) is 124 cm³/mol. The van der Waals surface area contributed by atoms with E-state index >= 15 is 0 Å². The lowest BCUT2D eigenvalue weighted by Gasteiger charge is -2.39. The Hall–Kier alpha value is -1.54. The number of piperidine rings is 1. The van der Waals surface area contributed by atoms with Crippen molar-refractivity contribution < 1.29 is 9.90 Å². The first-order valence-corrected chi connectivity index (χ1v) is 11.4. The minimum absolute atomic E-state index is 0.111. The number of anilines is 2. The van der Waals surface area contributed by atoms with Gasteiger partial charge in [0.15, 0.2) is 0 Å². The number of aliphatic imine (C=N–C) groups is 1. The molecular formula is C21H23BrCl2N4O2. The maximum Gasteiger partial charge on any atom is 0.303 e. The number of amidine groups is 1. The third kappa shape index (κ3) is 4.13. The second-order valence-electron chi connectivity index (χ2n) is 7.94. The van der Waals surface area contributed by atoms with Crippen molar-refractivity contribution in [2.45, 2.75) is 39.3 Å². The van der Waals surface area contributed by atoms with E-state index in [2.05, 4.69) is 31.9 Å². The molecule has 1 atom stereocenters. The Bertz CT molecular complexity index is 991. The summed E-state index contributed by atoms with van der Waals surface area (Å²) in [6.45, 7) is 5.62. The van der Waals surface area contributed by atoms with Crippen molar-refractivity contribution in [2.24, 2.45) is 10.9 Å². The van der Waals surface area contributed by atoms with Gasteiger partial charge in [0, 0.05) is 35.2 Å². The Morgan fingerprint density at radius 2 is 1.87 bits per heavy atom. The second kappa shape index (κ2) is 8.54. The van der Waals surface area contributed by atoms with Crippen LogP contribution in [-0.4, -0.2) is 39.9 Å². The number of likely N-dealkylation sites (tertiary alicyclic amines) is 1. The van der Waals surface area contributed by atoms with Crippen LogP contribution >= 0.6 is 39.1 Å². The van der Waals surface area contributed by atoms with Crippen LogP contribution in [0.25, 0.3) is 0 Å². The lowest BCUT2D eigenvalue weighted by atomic mass is 9.93. The number of hydrogen-bond acceptors (Lipinski definition) is 4. The van der Waals surface area contributed by atoms with Crippen LogP contribution < -0.4 is 4.90 Å². The molecule has 1 saturated heterocycles. The standard InChI is InChI=1S/C21H23BrCl2N4O2/c1-11-7-15-20(27-5-3-13(4-6-27)8-18(29)30)26-12(2)28(21(15)25-11)19-16(23)9-14(22)10-17(19)24/h7,9-10,13,20,25H,3-6,8H2,1-2H3,(H,29,30). The zero-order valence-electron chi connectivity index (χ0n) is 16.8. The van der Waals surface area contributed by atoms with Crippen molar-refractivity contribution in [3.05, 3.63) is 44.0 Å². The molecule has 0 radical (unpaired) electrons. The predicted octanol–water partition coefficient (Wildman–Crippen LogP) is 6.15. The molecule has 0 bridgehead atoms. The van der Waals surface area contributed by atoms with Gasteiger partial charge >= 0.3 is 5.97 Å². The van der Waals surface area contributed by atoms with E-state index in [0.717, 1.165) is 53.3 Å². The Morgan fingerprint density at radius 3 is 2.47 bits per heavy atom. The van der Waals surface area contributed by atoms with Crippen LogP contribution in [0.1, 0.15) is 43.6 Å². The first-order valence-electron chi connectivity index (χ1n) is 9.89. The molecule has 0 spiro atoms. The third-order valence-electron chi connectivity index (χ3n) is 5.76. The molecule has 2 aliphatic heterocycles. The molecule has 3 heterocycles. The number of hydrogen-bond donors (Lipinski definition) is 2. The molecule has 1 aromatic carbocycles. The van der Waals surface area contributed by atoms with Crippen molar-refractivity contribution in [1.82, 2.24) is 9.88 Å². The number of fused-ring (bicyclic) bond motifs is 1. The number of benzene rings is 1. The van der Waals surface area contributed by atoms with Gasteiger partial charge in [-0.1, -0.05) is 39.1 Å². The zero-order chi connectivity index (χ0) is 21.6. The number of nitrogens with zero attached hydrogens (tertiary/aromatic N) is 3. The zero-order valence-corrected chi connectivity index (χ0v) is 19.9. The van der Waals surface area contributed by atoms with Gasteiger partial charge in [-0.2, -0.15) is 0 Å². The number of halogens is 3. The average molecular weight is 514 g/mol. The van der Waals surface area contributed by atoms with Crippen molar-refractivity contribution in [3.8, 4) is 0 Å². The maximum atomic E-state index is 11.0. The topological polar surface area (TPSA) is 71.9 Å². The van der Waals surface area contributed by atoms with Gasteiger partial charge in [0.1, 0.15) is 17.8 Å². The normalized spacial score (nSPS) is 20.2. The quantitative estimate of drug-likeness (QED) is 0.514. The van der Waals surface area contributed by atoms with Crippen molar-refractivity contribution in [2.75, 3.05) is 18.0 Å². The first-order chi connectivity index (χ1) is 14.2. The Balaban J connectivity index is 1.67. The number of aromatic nitrogens is 1. The lowest BCUT2D eigenvalue weighted by molar-refractivity contribution is -0.138. The van der Waals surface area contributed by atoms with E-state index in [-0.39, 0.29) is 18.5 Å². The molecule has 1 unspecified atom stereocenters. The Kier molecular flexibility index (Phi) is 6.17. The minimum atomic E-state index is -0.720. The largest absolute Gasteiger partial charge is 0.481 e. The van der Waals surface area contributed by atoms with Crippen LogP contribution in [0.3, 0.4) is 0 Å². The molecule has 30 heavy (non-hydrogen) atoms. The monoisotopic (exact) mass is 512 g/mol. The van der Waals surface area contributed by atoms with E-state index in [0.29, 0.717) is 15.7 Å². The molecule has 1 aromatic heterocycles. The number of H-pyrrole nitrogens is 1. The second-order valence-corrected chi connectivity index (χ2v) is 9.67. The number of nitrogens with one attached hydrogen (secondary N) is 1. The summed E-state index contributed by atoms with van der Waals surface area (Å²) < 4.78 is 0.817. The number of aliphatic carboxylic acids is 1. The van der Waals surface area contributed by atoms with Gasteiger partial charge in [-0.3, -0.25) is 14.6 Å². The SMILES string of the molecule is CC1=NC(N2CCC(CC(=O)O)CC2)c2cc(C)[nH]c2N1c1c(Cl)cc(Br)cc1Cl. The van der Waals surface area contributed by atoms with Gasteiger partial charge in [0.2, 0.25) is 0 Å². The van der Waals surface area contributed by atoms with Gasteiger partial charge in [-0.15, -0.1) is 0 Å². The molecule has 2 aliphatic rings. The number of rotatable bonds is 4. The molecule has 0 saturated carbocycles. The molecule has 2 aromatic rings. The number of aryl methyl sites for hydroxylation is 1. The molecule has 1 fully saturated rings. The van der Waals surface area contributed by atoms with Gasteiger partial charge in [-0.05, 0) is 50.8 Å². The summed E-state index contributed by atoms with van der Waals surface area (Å²) >= 11 is 16.6. The highest BCUT2D eigenvalue weighted by atomic mass is 79.9. The van der Waals surface area contributed by atoms with Gasteiger partial charge in [0.25, 0.3) is 0 Å². The molecule has 4 rings (SSSR count). The smallest absolute Gasteiger partial charge is 0.303 e. The van der Waals surface area contributed by atoms with Crippen molar-refractivity contribution >= 4 is 62.4 Å². The van der Waals surface area contributed by atoms with Crippen LogP contribution in [-0.2, 0) is 4.79 Å². The van der Waals surface area contributed by atoms with Crippen molar-refractivity contribution in [1.29, 1.82) is 0 Å². The van der Waals surface area contributed by atoms with E-state index in [1.807, 2.05) is 30.9 Å². The van der Waals surface area contributed by atoms with Gasteiger partial charge < -0.3 is 10.1 Å². The molecule has 0 amide bonds. The van der Waals surface area contributed by atoms with Crippen LogP contribution in [0.5, 0.6) is 0 Å². The van der Waals surface area contributed by atoms with E-state index in [9.17, 15) is 4.79 Å². The van der Waals surface area contributed by atoms with E-state index in [1.165, 1.54) is 0 Å². The Morgan fingerprint density at radius 1 is 1.23 bits per heavy atom. The summed E-state index contributed by atoms with van der Waals surface area (Å²) in [6.07, 6.45) is 1.86. The number of carbonyl (C=O) groups is 1. The van der Waals surface area contributed by atoms with E-state index in [4.69, 9.17) is 33.3 Å². The van der Waals surface area contributed by atoms with Crippen LogP contribution in [0.15, 0.2) is 27.7 Å². The van der Waals surface area contributed by atoms with Crippen LogP contribution in [0.2, 0.25) is 10.0 Å². The summed E-state index contributed by atoms with van der Waals surface area (Å²) in [5.41, 5.74) is 2.80. The first kappa shape index (κ1) is 21.7. The molecule has 2 N–H and O–H groups in total. The molecule has 0 aliphatic carbocycles. The molecule has 9 heteroatoms. The third-order valence-corrected chi connectivity index (χ3v) is 6.79. The highest BCUT2D eigenvalue weighted by Crippen LogP contribution is 2.46. The fourth-order valence-corrected chi connectivity index (χ4v) is 5.77. The van der Waals surface area contributed by atoms with Crippen LogP contribution in [0.4, 0.5) is 11.5 Å². The fourth-order valence-electron chi connectivity index (χ4n) is 4.39. The fraction of sp³-hybridized carbons (Fsp3) is 0.429. The number of carboxylic acid groups (broad SMARTS) is 1. The Labute approximate surface area is 194 Å². The maximum absolute atomic E-state index is 11.0. The van der Waals surface area contributed by atoms with Gasteiger partial charge in [0.05, 0.1) is 15.7 Å². The summed E-state index contributed by atoms with van der Waals surface area (Å²) in [4.78, 5) is 23.8. The molecule has 160 valence electrons. The summed E-state index contributed by atoms with van der Waals surface area (Å²) in [6, 6.07) is 5.77. The number of carboxylic acids is 1. The summed E-state index contributed by atoms with van der Waals surface area (Å²) in [7, 11) is 0.